The van der Waals surface area contributed by atoms with Crippen molar-refractivity contribution in [1.29, 1.82) is 0 Å². The Kier molecular flexibility index (Phi) is 3.94. The zero-order chi connectivity index (χ0) is 12.5. The van der Waals surface area contributed by atoms with E-state index in [1.807, 2.05) is 0 Å². The van der Waals surface area contributed by atoms with Crippen LogP contribution in [-0.2, 0) is 4.74 Å². The van der Waals surface area contributed by atoms with Gasteiger partial charge in [0.15, 0.2) is 0 Å². The van der Waals surface area contributed by atoms with Crippen molar-refractivity contribution in [2.75, 3.05) is 13.7 Å². The van der Waals surface area contributed by atoms with E-state index in [2.05, 4.69) is 4.74 Å². The molecule has 0 fully saturated rings. The molecule has 0 N–H and O–H groups in total. The number of methoxy groups -OCH3 is 1. The van der Waals surface area contributed by atoms with Gasteiger partial charge in [0, 0.05) is 7.11 Å². The van der Waals surface area contributed by atoms with Crippen LogP contribution in [0.5, 0.6) is 0 Å². The maximum atomic E-state index is 12.4. The quantitative estimate of drug-likeness (QED) is 0.678. The number of alkyl halides is 8. The third-order valence-corrected chi connectivity index (χ3v) is 1.48. The minimum Gasteiger partial charge on any atom is -0.378 e. The smallest absolute Gasteiger partial charge is 0.378 e. The van der Waals surface area contributed by atoms with Crippen LogP contribution in [0.25, 0.3) is 0 Å². The Hall–Kier alpha value is -0.600. The van der Waals surface area contributed by atoms with Gasteiger partial charge in [-0.3, -0.25) is 0 Å². The number of rotatable bonds is 5. The SMILES string of the molecule is COCC(F)(F)C(F)(F)C(F)(F)C(F)F. The van der Waals surface area contributed by atoms with Crippen molar-refractivity contribution in [1.82, 2.24) is 0 Å². The molecule has 1 nitrogen and oxygen atoms in total. The molecule has 0 bridgehead atoms. The molecule has 0 aliphatic rings. The van der Waals surface area contributed by atoms with Crippen molar-refractivity contribution in [2.24, 2.45) is 0 Å². The van der Waals surface area contributed by atoms with Crippen LogP contribution in [0.2, 0.25) is 0 Å². The molecule has 9 heteroatoms. The van der Waals surface area contributed by atoms with Gasteiger partial charge in [0.05, 0.1) is 0 Å². The van der Waals surface area contributed by atoms with E-state index < -0.39 is 30.8 Å². The Balaban J connectivity index is 5.11. The molecule has 0 aromatic carbocycles. The summed E-state index contributed by atoms with van der Waals surface area (Å²) >= 11 is 0. The monoisotopic (exact) mass is 246 g/mol. The third-order valence-electron chi connectivity index (χ3n) is 1.48. The molecule has 0 spiro atoms. The first-order chi connectivity index (χ1) is 6.50. The molecule has 0 aliphatic heterocycles. The maximum absolute atomic E-state index is 12.4. The summed E-state index contributed by atoms with van der Waals surface area (Å²) in [7, 11) is 0.546. The van der Waals surface area contributed by atoms with E-state index in [0.29, 0.717) is 7.11 Å². The largest absolute Gasteiger partial charge is 0.380 e. The molecular weight excluding hydrogens is 240 g/mol. The summed E-state index contributed by atoms with van der Waals surface area (Å²) in [6.45, 7) is -2.08. The second-order valence-electron chi connectivity index (χ2n) is 2.64. The van der Waals surface area contributed by atoms with Gasteiger partial charge in [0.2, 0.25) is 0 Å². The van der Waals surface area contributed by atoms with Crippen molar-refractivity contribution < 1.29 is 39.9 Å². The van der Waals surface area contributed by atoms with E-state index >= 15 is 0 Å². The third kappa shape index (κ3) is 2.32. The van der Waals surface area contributed by atoms with Crippen LogP contribution in [-0.4, -0.2) is 37.9 Å². The molecule has 0 aromatic rings. The van der Waals surface area contributed by atoms with E-state index in [-0.39, 0.29) is 0 Å². The summed E-state index contributed by atoms with van der Waals surface area (Å²) in [4.78, 5) is 0. The molecule has 0 unspecified atom stereocenters. The average Bonchev–Trinajstić information content (AvgIpc) is 2.02. The number of halogens is 8. The fraction of sp³-hybridized carbons (Fsp3) is 1.00. The van der Waals surface area contributed by atoms with Gasteiger partial charge in [0.1, 0.15) is 6.61 Å². The van der Waals surface area contributed by atoms with Crippen LogP contribution in [0, 0.1) is 0 Å². The molecule has 0 radical (unpaired) electrons. The number of hydrogen-bond donors (Lipinski definition) is 0. The second kappa shape index (κ2) is 4.11. The van der Waals surface area contributed by atoms with Crippen molar-refractivity contribution in [3.8, 4) is 0 Å². The Labute approximate surface area is 79.0 Å². The Bertz CT molecular complexity index is 213. The van der Waals surface area contributed by atoms with Gasteiger partial charge in [-0.25, -0.2) is 8.78 Å². The molecule has 0 heterocycles. The predicted octanol–water partition coefficient (Wildman–Crippen LogP) is 2.80. The summed E-state index contributed by atoms with van der Waals surface area (Å²) < 4.78 is 100. The van der Waals surface area contributed by atoms with Crippen LogP contribution in [0.3, 0.4) is 0 Å². The normalized spacial score (nSPS) is 14.8. The maximum Gasteiger partial charge on any atom is 0.380 e. The molecular formula is C6H6F8O. The van der Waals surface area contributed by atoms with Gasteiger partial charge in [-0.15, -0.1) is 0 Å². The Morgan fingerprint density at radius 2 is 1.40 bits per heavy atom. The van der Waals surface area contributed by atoms with Crippen LogP contribution in [0.15, 0.2) is 0 Å². The first-order valence-corrected chi connectivity index (χ1v) is 3.41. The lowest BCUT2D eigenvalue weighted by Gasteiger charge is -2.31. The number of ether oxygens (including phenoxy) is 1. The zero-order valence-electron chi connectivity index (χ0n) is 7.22. The fourth-order valence-corrected chi connectivity index (χ4v) is 0.653. The summed E-state index contributed by atoms with van der Waals surface area (Å²) in [6.07, 6.45) is -4.89. The van der Waals surface area contributed by atoms with Crippen molar-refractivity contribution in [3.63, 3.8) is 0 Å². The van der Waals surface area contributed by atoms with Crippen molar-refractivity contribution in [3.05, 3.63) is 0 Å². The fourth-order valence-electron chi connectivity index (χ4n) is 0.653. The van der Waals surface area contributed by atoms with Crippen LogP contribution < -0.4 is 0 Å². The first-order valence-electron chi connectivity index (χ1n) is 3.41. The molecule has 0 aliphatic carbocycles. The average molecular weight is 246 g/mol. The van der Waals surface area contributed by atoms with Crippen LogP contribution in [0.1, 0.15) is 0 Å². The van der Waals surface area contributed by atoms with Gasteiger partial charge in [-0.2, -0.15) is 26.3 Å². The molecule has 0 saturated carbocycles. The summed E-state index contributed by atoms with van der Waals surface area (Å²) in [5, 5.41) is 0. The van der Waals surface area contributed by atoms with Crippen molar-refractivity contribution in [2.45, 2.75) is 24.2 Å². The number of hydrogen-bond acceptors (Lipinski definition) is 1. The van der Waals surface area contributed by atoms with E-state index in [9.17, 15) is 35.1 Å². The van der Waals surface area contributed by atoms with Gasteiger partial charge < -0.3 is 4.74 Å². The van der Waals surface area contributed by atoms with E-state index in [1.54, 1.807) is 0 Å². The minimum absolute atomic E-state index is 0.546. The van der Waals surface area contributed by atoms with Crippen molar-refractivity contribution >= 4 is 0 Å². The molecule has 0 aromatic heterocycles. The van der Waals surface area contributed by atoms with Crippen LogP contribution >= 0.6 is 0 Å². The Morgan fingerprint density at radius 3 is 1.67 bits per heavy atom. The molecule has 0 amide bonds. The lowest BCUT2D eigenvalue weighted by atomic mass is 10.1. The summed E-state index contributed by atoms with van der Waals surface area (Å²) in [5.74, 6) is -17.7. The van der Waals surface area contributed by atoms with Gasteiger partial charge >= 0.3 is 24.2 Å². The lowest BCUT2D eigenvalue weighted by Crippen LogP contribution is -2.59. The highest BCUT2D eigenvalue weighted by molar-refractivity contribution is 4.97. The predicted molar refractivity (Wildman–Crippen MR) is 32.7 cm³/mol. The minimum atomic E-state index is -6.18. The van der Waals surface area contributed by atoms with E-state index in [4.69, 9.17) is 0 Å². The first kappa shape index (κ1) is 14.4. The van der Waals surface area contributed by atoms with E-state index in [0.717, 1.165) is 0 Å². The summed E-state index contributed by atoms with van der Waals surface area (Å²) in [6, 6.07) is 0. The van der Waals surface area contributed by atoms with E-state index in [1.165, 1.54) is 0 Å². The Morgan fingerprint density at radius 1 is 1.00 bits per heavy atom. The lowest BCUT2D eigenvalue weighted by molar-refractivity contribution is -0.344. The molecule has 0 saturated heterocycles. The standard InChI is InChI=1S/C6H6F8O/c1-15-2-4(9,10)6(13,14)5(11,12)3(7)8/h3H,2H2,1H3. The second-order valence-corrected chi connectivity index (χ2v) is 2.64. The highest BCUT2D eigenvalue weighted by Gasteiger charge is 2.75. The molecule has 92 valence electrons. The molecule has 0 rings (SSSR count). The van der Waals surface area contributed by atoms with Gasteiger partial charge in [0.25, 0.3) is 0 Å². The highest BCUT2D eigenvalue weighted by Crippen LogP contribution is 2.48. The zero-order valence-corrected chi connectivity index (χ0v) is 7.22. The summed E-state index contributed by atoms with van der Waals surface area (Å²) in [5.41, 5.74) is 0. The van der Waals surface area contributed by atoms with Crippen LogP contribution in [0.4, 0.5) is 35.1 Å². The topological polar surface area (TPSA) is 9.23 Å². The molecule has 0 atom stereocenters. The molecule has 15 heavy (non-hydrogen) atoms. The van der Waals surface area contributed by atoms with Gasteiger partial charge in [-0.05, 0) is 0 Å². The highest BCUT2D eigenvalue weighted by atomic mass is 19.4. The van der Waals surface area contributed by atoms with Gasteiger partial charge in [-0.1, -0.05) is 0 Å².